The van der Waals surface area contributed by atoms with Crippen molar-refractivity contribution < 1.29 is 14.7 Å². The van der Waals surface area contributed by atoms with Crippen LogP contribution in [-0.2, 0) is 11.2 Å². The SMILES string of the molecule is O=C(Cc1cccc(Cl)c1)N[C@@H]1CCN(C(=O)c2ccccc2)C[C@H]1O. The number of benzene rings is 2. The molecule has 0 saturated carbocycles. The highest BCUT2D eigenvalue weighted by Gasteiger charge is 2.31. The average molecular weight is 373 g/mol. The maximum absolute atomic E-state index is 12.5. The van der Waals surface area contributed by atoms with Crippen molar-refractivity contribution in [2.45, 2.75) is 25.0 Å². The van der Waals surface area contributed by atoms with Crippen LogP contribution in [0.1, 0.15) is 22.3 Å². The first-order valence-corrected chi connectivity index (χ1v) is 8.97. The highest BCUT2D eigenvalue weighted by molar-refractivity contribution is 6.30. The van der Waals surface area contributed by atoms with Gasteiger partial charge < -0.3 is 15.3 Å². The number of rotatable bonds is 4. The van der Waals surface area contributed by atoms with Gasteiger partial charge >= 0.3 is 0 Å². The van der Waals surface area contributed by atoms with Gasteiger partial charge in [0, 0.05) is 23.7 Å². The van der Waals surface area contributed by atoms with Crippen LogP contribution in [0.4, 0.5) is 0 Å². The number of carbonyl (C=O) groups is 2. The number of nitrogens with one attached hydrogen (secondary N) is 1. The third-order valence-electron chi connectivity index (χ3n) is 4.49. The molecule has 0 bridgehead atoms. The molecular formula is C20H21ClN2O3. The summed E-state index contributed by atoms with van der Waals surface area (Å²) in [7, 11) is 0. The topological polar surface area (TPSA) is 69.6 Å². The van der Waals surface area contributed by atoms with E-state index in [9.17, 15) is 14.7 Å². The second kappa shape index (κ2) is 8.34. The number of carbonyl (C=O) groups excluding carboxylic acids is 2. The van der Waals surface area contributed by atoms with Gasteiger partial charge in [-0.2, -0.15) is 0 Å². The lowest BCUT2D eigenvalue weighted by molar-refractivity contribution is -0.122. The molecule has 2 amide bonds. The molecule has 1 saturated heterocycles. The van der Waals surface area contributed by atoms with E-state index in [1.807, 2.05) is 24.3 Å². The minimum Gasteiger partial charge on any atom is -0.389 e. The van der Waals surface area contributed by atoms with Crippen molar-refractivity contribution in [3.63, 3.8) is 0 Å². The summed E-state index contributed by atoms with van der Waals surface area (Å²) < 4.78 is 0. The molecular weight excluding hydrogens is 352 g/mol. The van der Waals surface area contributed by atoms with Gasteiger partial charge in [-0.1, -0.05) is 41.9 Å². The Kier molecular flexibility index (Phi) is 5.91. The maximum Gasteiger partial charge on any atom is 0.253 e. The molecule has 0 spiro atoms. The fraction of sp³-hybridized carbons (Fsp3) is 0.300. The Bertz CT molecular complexity index is 782. The van der Waals surface area contributed by atoms with Crippen molar-refractivity contribution >= 4 is 23.4 Å². The van der Waals surface area contributed by atoms with Gasteiger partial charge in [-0.05, 0) is 36.2 Å². The van der Waals surface area contributed by atoms with Crippen molar-refractivity contribution in [3.05, 3.63) is 70.7 Å². The zero-order valence-electron chi connectivity index (χ0n) is 14.3. The van der Waals surface area contributed by atoms with E-state index < -0.39 is 6.10 Å². The molecule has 0 aromatic heterocycles. The van der Waals surface area contributed by atoms with Gasteiger partial charge in [0.1, 0.15) is 0 Å². The molecule has 2 atom stereocenters. The predicted octanol–water partition coefficient (Wildman–Crippen LogP) is 2.27. The van der Waals surface area contributed by atoms with Crippen molar-refractivity contribution in [3.8, 4) is 0 Å². The first kappa shape index (κ1) is 18.4. The summed E-state index contributed by atoms with van der Waals surface area (Å²) >= 11 is 5.93. The van der Waals surface area contributed by atoms with E-state index in [0.29, 0.717) is 23.6 Å². The molecule has 3 rings (SSSR count). The minimum atomic E-state index is -0.792. The van der Waals surface area contributed by atoms with Gasteiger partial charge in [-0.15, -0.1) is 0 Å². The lowest BCUT2D eigenvalue weighted by Crippen LogP contribution is -2.55. The van der Waals surface area contributed by atoms with Gasteiger partial charge in [0.15, 0.2) is 0 Å². The number of hydrogen-bond acceptors (Lipinski definition) is 3. The number of hydrogen-bond donors (Lipinski definition) is 2. The number of β-amino-alcohol motifs (C(OH)–C–C–N with tert-alkyl or cyclic N) is 1. The Morgan fingerprint density at radius 1 is 1.15 bits per heavy atom. The van der Waals surface area contributed by atoms with Gasteiger partial charge in [-0.3, -0.25) is 9.59 Å². The van der Waals surface area contributed by atoms with Crippen LogP contribution in [0.15, 0.2) is 54.6 Å². The minimum absolute atomic E-state index is 0.103. The summed E-state index contributed by atoms with van der Waals surface area (Å²) in [6, 6.07) is 15.8. The third kappa shape index (κ3) is 4.62. The van der Waals surface area contributed by atoms with Crippen molar-refractivity contribution in [1.82, 2.24) is 10.2 Å². The molecule has 1 heterocycles. The molecule has 1 aliphatic heterocycles. The molecule has 0 aliphatic carbocycles. The molecule has 1 aliphatic rings. The predicted molar refractivity (Wildman–Crippen MR) is 100 cm³/mol. The Morgan fingerprint density at radius 2 is 1.92 bits per heavy atom. The molecule has 6 heteroatoms. The molecule has 2 aromatic rings. The quantitative estimate of drug-likeness (QED) is 0.865. The summed E-state index contributed by atoms with van der Waals surface area (Å²) in [6.45, 7) is 0.697. The van der Waals surface area contributed by atoms with E-state index in [1.54, 1.807) is 35.2 Å². The van der Waals surface area contributed by atoms with Crippen LogP contribution >= 0.6 is 11.6 Å². The third-order valence-corrected chi connectivity index (χ3v) is 4.73. The first-order chi connectivity index (χ1) is 12.5. The molecule has 2 aromatic carbocycles. The zero-order valence-corrected chi connectivity index (χ0v) is 15.0. The van der Waals surface area contributed by atoms with E-state index in [2.05, 4.69) is 5.32 Å². The van der Waals surface area contributed by atoms with Gasteiger partial charge in [0.05, 0.1) is 18.6 Å². The van der Waals surface area contributed by atoms with E-state index in [-0.39, 0.29) is 30.8 Å². The van der Waals surface area contributed by atoms with Crippen LogP contribution in [0, 0.1) is 0 Å². The summed E-state index contributed by atoms with van der Waals surface area (Å²) in [6.07, 6.45) is -0.0722. The molecule has 2 N–H and O–H groups in total. The van der Waals surface area contributed by atoms with E-state index in [0.717, 1.165) is 5.56 Å². The first-order valence-electron chi connectivity index (χ1n) is 8.59. The normalized spacial score (nSPS) is 19.8. The number of amides is 2. The largest absolute Gasteiger partial charge is 0.389 e. The number of halogens is 1. The smallest absolute Gasteiger partial charge is 0.253 e. The van der Waals surface area contributed by atoms with Crippen molar-refractivity contribution in [2.24, 2.45) is 0 Å². The lowest BCUT2D eigenvalue weighted by Gasteiger charge is -2.36. The molecule has 5 nitrogen and oxygen atoms in total. The number of likely N-dealkylation sites (tertiary alicyclic amines) is 1. The number of aliphatic hydroxyl groups excluding tert-OH is 1. The van der Waals surface area contributed by atoms with Crippen LogP contribution in [0.2, 0.25) is 5.02 Å². The van der Waals surface area contributed by atoms with Crippen LogP contribution in [-0.4, -0.2) is 47.1 Å². The Labute approximate surface area is 157 Å². The number of nitrogens with zero attached hydrogens (tertiary/aromatic N) is 1. The van der Waals surface area contributed by atoms with E-state index in [4.69, 9.17) is 11.6 Å². The fourth-order valence-electron chi connectivity index (χ4n) is 3.14. The van der Waals surface area contributed by atoms with E-state index >= 15 is 0 Å². The highest BCUT2D eigenvalue weighted by Crippen LogP contribution is 2.16. The Balaban J connectivity index is 1.54. The van der Waals surface area contributed by atoms with Gasteiger partial charge in [-0.25, -0.2) is 0 Å². The highest BCUT2D eigenvalue weighted by atomic mass is 35.5. The van der Waals surface area contributed by atoms with Crippen molar-refractivity contribution in [2.75, 3.05) is 13.1 Å². The second-order valence-electron chi connectivity index (χ2n) is 6.45. The molecule has 0 unspecified atom stereocenters. The summed E-state index contributed by atoms with van der Waals surface area (Å²) in [5, 5.41) is 13.8. The Hall–Kier alpha value is -2.37. The van der Waals surface area contributed by atoms with Gasteiger partial charge in [0.2, 0.25) is 5.91 Å². The van der Waals surface area contributed by atoms with Crippen LogP contribution in [0.5, 0.6) is 0 Å². The monoisotopic (exact) mass is 372 g/mol. The van der Waals surface area contributed by atoms with Crippen molar-refractivity contribution in [1.29, 1.82) is 0 Å². The van der Waals surface area contributed by atoms with Gasteiger partial charge in [0.25, 0.3) is 5.91 Å². The summed E-state index contributed by atoms with van der Waals surface area (Å²) in [5.74, 6) is -0.271. The van der Waals surface area contributed by atoms with Crippen LogP contribution < -0.4 is 5.32 Å². The molecule has 1 fully saturated rings. The molecule has 26 heavy (non-hydrogen) atoms. The van der Waals surface area contributed by atoms with Crippen LogP contribution in [0.25, 0.3) is 0 Å². The Morgan fingerprint density at radius 3 is 2.62 bits per heavy atom. The number of aliphatic hydroxyl groups is 1. The molecule has 0 radical (unpaired) electrons. The maximum atomic E-state index is 12.5. The average Bonchev–Trinajstić information content (AvgIpc) is 2.63. The fourth-order valence-corrected chi connectivity index (χ4v) is 3.35. The summed E-state index contributed by atoms with van der Waals surface area (Å²) in [5.41, 5.74) is 1.42. The van der Waals surface area contributed by atoms with E-state index in [1.165, 1.54) is 0 Å². The number of piperidine rings is 1. The summed E-state index contributed by atoms with van der Waals surface area (Å²) in [4.78, 5) is 26.3. The molecule has 136 valence electrons. The van der Waals surface area contributed by atoms with Crippen LogP contribution in [0.3, 0.4) is 0 Å². The zero-order chi connectivity index (χ0) is 18.5. The standard InChI is InChI=1S/C20H21ClN2O3/c21-16-8-4-5-14(11-16)12-19(25)22-17-9-10-23(13-18(17)24)20(26)15-6-2-1-3-7-15/h1-8,11,17-18,24H,9-10,12-13H2,(H,22,25)/t17-,18-/m1/s1. The lowest BCUT2D eigenvalue weighted by atomic mass is 10.00. The second-order valence-corrected chi connectivity index (χ2v) is 6.89.